The predicted molar refractivity (Wildman–Crippen MR) is 113 cm³/mol. The van der Waals surface area contributed by atoms with Gasteiger partial charge in [-0.1, -0.05) is 12.1 Å². The molecule has 0 aliphatic carbocycles. The first kappa shape index (κ1) is 20.3. The van der Waals surface area contributed by atoms with Crippen LogP contribution in [0.4, 0.5) is 11.4 Å². The summed E-state index contributed by atoms with van der Waals surface area (Å²) in [5.41, 5.74) is 1.83. The van der Waals surface area contributed by atoms with E-state index in [2.05, 4.69) is 10.2 Å². The van der Waals surface area contributed by atoms with Gasteiger partial charge in [0, 0.05) is 43.6 Å². The summed E-state index contributed by atoms with van der Waals surface area (Å²) in [6.07, 6.45) is 3.03. The minimum atomic E-state index is -0.166. The van der Waals surface area contributed by atoms with E-state index in [9.17, 15) is 14.4 Å². The van der Waals surface area contributed by atoms with Gasteiger partial charge >= 0.3 is 0 Å². The quantitative estimate of drug-likeness (QED) is 0.627. The number of anilines is 2. The number of para-hydroxylation sites is 2. The average molecular weight is 399 g/mol. The van der Waals surface area contributed by atoms with Crippen LogP contribution in [-0.4, -0.2) is 30.6 Å². The highest BCUT2D eigenvalue weighted by atomic mass is 32.1. The van der Waals surface area contributed by atoms with E-state index in [1.54, 1.807) is 6.07 Å². The Bertz CT molecular complexity index is 853. The van der Waals surface area contributed by atoms with Crippen molar-refractivity contribution in [3.8, 4) is 0 Å². The first-order chi connectivity index (χ1) is 13.5. The maximum absolute atomic E-state index is 12.3. The molecule has 1 aliphatic rings. The Hall–Kier alpha value is -2.47. The molecule has 2 aromatic rings. The number of amides is 1. The first-order valence-electron chi connectivity index (χ1n) is 9.78. The summed E-state index contributed by atoms with van der Waals surface area (Å²) in [5, 5.41) is 2.94. The van der Waals surface area contributed by atoms with Crippen LogP contribution in [0, 0.1) is 6.92 Å². The van der Waals surface area contributed by atoms with Crippen LogP contribution in [0.2, 0.25) is 0 Å². The molecule has 0 radical (unpaired) electrons. The topological polar surface area (TPSA) is 66.5 Å². The van der Waals surface area contributed by atoms with E-state index >= 15 is 0 Å². The van der Waals surface area contributed by atoms with Crippen LogP contribution in [0.15, 0.2) is 36.4 Å². The monoisotopic (exact) mass is 398 g/mol. The van der Waals surface area contributed by atoms with Crippen molar-refractivity contribution in [3.63, 3.8) is 0 Å². The molecule has 2 heterocycles. The third-order valence-electron chi connectivity index (χ3n) is 4.90. The number of hydrogen-bond acceptors (Lipinski definition) is 5. The number of carbonyl (C=O) groups is 3. The van der Waals surface area contributed by atoms with Crippen molar-refractivity contribution in [2.24, 2.45) is 0 Å². The van der Waals surface area contributed by atoms with Crippen molar-refractivity contribution < 1.29 is 14.4 Å². The third-order valence-corrected chi connectivity index (χ3v) is 5.94. The SMILES string of the molecule is Cc1ccc(C(=O)CCC(=O)CCC(=O)Nc2ccccc2N2CCCC2)s1. The van der Waals surface area contributed by atoms with Gasteiger partial charge in [-0.25, -0.2) is 0 Å². The molecular formula is C22H26N2O3S. The highest BCUT2D eigenvalue weighted by molar-refractivity contribution is 7.14. The standard InChI is InChI=1S/C22H26N2O3S/c1-16-8-12-21(28-16)20(26)11-9-17(25)10-13-22(27)23-18-6-2-3-7-19(18)24-14-4-5-15-24/h2-3,6-8,12H,4-5,9-11,13-15H2,1H3,(H,23,27). The van der Waals surface area contributed by atoms with E-state index in [1.165, 1.54) is 24.2 Å². The minimum absolute atomic E-state index is 0.00422. The number of Topliss-reactive ketones (excluding diaryl/α,β-unsaturated/α-hetero) is 2. The van der Waals surface area contributed by atoms with Crippen LogP contribution >= 0.6 is 11.3 Å². The van der Waals surface area contributed by atoms with Crippen LogP contribution in [-0.2, 0) is 9.59 Å². The Morgan fingerprint density at radius 1 is 0.964 bits per heavy atom. The first-order valence-corrected chi connectivity index (χ1v) is 10.6. The molecule has 0 unspecified atom stereocenters. The van der Waals surface area contributed by atoms with Crippen molar-refractivity contribution >= 4 is 40.2 Å². The Labute approximate surface area is 169 Å². The summed E-state index contributed by atoms with van der Waals surface area (Å²) in [6, 6.07) is 11.5. The van der Waals surface area contributed by atoms with Gasteiger partial charge in [-0.2, -0.15) is 0 Å². The van der Waals surface area contributed by atoms with Crippen LogP contribution < -0.4 is 10.2 Å². The number of hydrogen-bond donors (Lipinski definition) is 1. The van der Waals surface area contributed by atoms with Crippen LogP contribution in [0.1, 0.15) is 53.1 Å². The Kier molecular flexibility index (Phi) is 6.98. The van der Waals surface area contributed by atoms with Crippen molar-refractivity contribution in [2.45, 2.75) is 45.4 Å². The molecule has 6 heteroatoms. The second-order valence-electron chi connectivity index (χ2n) is 7.13. The molecule has 1 aromatic heterocycles. The third kappa shape index (κ3) is 5.52. The molecule has 0 spiro atoms. The van der Waals surface area contributed by atoms with E-state index in [-0.39, 0.29) is 43.2 Å². The predicted octanol–water partition coefficient (Wildman–Crippen LogP) is 4.61. The van der Waals surface area contributed by atoms with E-state index in [4.69, 9.17) is 0 Å². The zero-order chi connectivity index (χ0) is 19.9. The van der Waals surface area contributed by atoms with Crippen molar-refractivity contribution in [3.05, 3.63) is 46.2 Å². The molecule has 3 rings (SSSR count). The van der Waals surface area contributed by atoms with Crippen molar-refractivity contribution in [2.75, 3.05) is 23.3 Å². The lowest BCUT2D eigenvalue weighted by Gasteiger charge is -2.21. The van der Waals surface area contributed by atoms with Gasteiger partial charge in [-0.05, 0) is 44.0 Å². The molecule has 1 saturated heterocycles. The van der Waals surface area contributed by atoms with E-state index in [0.717, 1.165) is 29.3 Å². The number of carbonyl (C=O) groups excluding carboxylic acids is 3. The lowest BCUT2D eigenvalue weighted by atomic mass is 10.1. The van der Waals surface area contributed by atoms with Crippen molar-refractivity contribution in [1.29, 1.82) is 0 Å². The number of thiophene rings is 1. The fraction of sp³-hybridized carbons (Fsp3) is 0.409. The zero-order valence-corrected chi connectivity index (χ0v) is 17.0. The highest BCUT2D eigenvalue weighted by Crippen LogP contribution is 2.28. The summed E-state index contributed by atoms with van der Waals surface area (Å²) in [6.45, 7) is 3.96. The number of benzene rings is 1. The highest BCUT2D eigenvalue weighted by Gasteiger charge is 2.17. The molecule has 1 amide bonds. The van der Waals surface area contributed by atoms with E-state index in [1.807, 2.05) is 37.3 Å². The smallest absolute Gasteiger partial charge is 0.224 e. The summed E-state index contributed by atoms with van der Waals surface area (Å²) >= 11 is 1.45. The van der Waals surface area contributed by atoms with E-state index < -0.39 is 0 Å². The molecule has 5 nitrogen and oxygen atoms in total. The van der Waals surface area contributed by atoms with Gasteiger partial charge in [-0.15, -0.1) is 11.3 Å². The van der Waals surface area contributed by atoms with Crippen molar-refractivity contribution in [1.82, 2.24) is 0 Å². The lowest BCUT2D eigenvalue weighted by Crippen LogP contribution is -2.21. The second kappa shape index (κ2) is 9.64. The molecule has 1 N–H and O–H groups in total. The van der Waals surface area contributed by atoms with Crippen LogP contribution in [0.25, 0.3) is 0 Å². The van der Waals surface area contributed by atoms with Gasteiger partial charge in [0.2, 0.25) is 5.91 Å². The Morgan fingerprint density at radius 2 is 1.68 bits per heavy atom. The lowest BCUT2D eigenvalue weighted by molar-refractivity contribution is -0.122. The maximum atomic E-state index is 12.3. The number of aryl methyl sites for hydroxylation is 1. The summed E-state index contributed by atoms with van der Waals surface area (Å²) < 4.78 is 0. The number of rotatable bonds is 9. The molecule has 28 heavy (non-hydrogen) atoms. The summed E-state index contributed by atoms with van der Waals surface area (Å²) in [7, 11) is 0. The van der Waals surface area contributed by atoms with Gasteiger partial charge in [-0.3, -0.25) is 14.4 Å². The number of ketones is 2. The maximum Gasteiger partial charge on any atom is 0.224 e. The minimum Gasteiger partial charge on any atom is -0.370 e. The Balaban J connectivity index is 1.44. The molecular weight excluding hydrogens is 372 g/mol. The molecule has 1 fully saturated rings. The number of nitrogens with one attached hydrogen (secondary N) is 1. The average Bonchev–Trinajstić information content (AvgIpc) is 3.37. The van der Waals surface area contributed by atoms with Gasteiger partial charge in [0.05, 0.1) is 16.3 Å². The van der Waals surface area contributed by atoms with Gasteiger partial charge < -0.3 is 10.2 Å². The molecule has 0 atom stereocenters. The fourth-order valence-electron chi connectivity index (χ4n) is 3.36. The molecule has 1 aromatic carbocycles. The fourth-order valence-corrected chi connectivity index (χ4v) is 4.20. The van der Waals surface area contributed by atoms with E-state index in [0.29, 0.717) is 4.88 Å². The van der Waals surface area contributed by atoms with Gasteiger partial charge in [0.15, 0.2) is 5.78 Å². The number of nitrogens with zero attached hydrogens (tertiary/aromatic N) is 1. The zero-order valence-electron chi connectivity index (χ0n) is 16.2. The van der Waals surface area contributed by atoms with Gasteiger partial charge in [0.25, 0.3) is 0 Å². The molecule has 0 bridgehead atoms. The second-order valence-corrected chi connectivity index (χ2v) is 8.42. The normalized spacial score (nSPS) is 13.5. The molecule has 1 aliphatic heterocycles. The molecule has 0 saturated carbocycles. The van der Waals surface area contributed by atoms with Crippen LogP contribution in [0.5, 0.6) is 0 Å². The van der Waals surface area contributed by atoms with Crippen LogP contribution in [0.3, 0.4) is 0 Å². The summed E-state index contributed by atoms with van der Waals surface area (Å²) in [5.74, 6) is -0.222. The summed E-state index contributed by atoms with van der Waals surface area (Å²) in [4.78, 5) is 40.5. The van der Waals surface area contributed by atoms with Gasteiger partial charge in [0.1, 0.15) is 5.78 Å². The molecule has 148 valence electrons. The Morgan fingerprint density at radius 3 is 2.39 bits per heavy atom. The largest absolute Gasteiger partial charge is 0.370 e.